The first-order chi connectivity index (χ1) is 9.44. The molecule has 1 heterocycles. The Morgan fingerprint density at radius 1 is 1.30 bits per heavy atom. The first kappa shape index (κ1) is 15.5. The Morgan fingerprint density at radius 2 is 2.05 bits per heavy atom. The van der Waals surface area contributed by atoms with Gasteiger partial charge in [-0.25, -0.2) is 8.42 Å². The molecule has 0 fully saturated rings. The molecular weight excluding hydrogens is 360 g/mol. The van der Waals surface area contributed by atoms with Crippen molar-refractivity contribution in [3.05, 3.63) is 45.2 Å². The summed E-state index contributed by atoms with van der Waals surface area (Å²) < 4.78 is 28.5. The summed E-state index contributed by atoms with van der Waals surface area (Å²) in [4.78, 5) is 0.971. The van der Waals surface area contributed by atoms with E-state index in [9.17, 15) is 8.42 Å². The Kier molecular flexibility index (Phi) is 4.85. The second kappa shape index (κ2) is 6.26. The predicted molar refractivity (Wildman–Crippen MR) is 86.8 cm³/mol. The molecule has 4 nitrogen and oxygen atoms in total. The molecule has 0 spiro atoms. The monoisotopic (exact) mass is 374 g/mol. The second-order valence-electron chi connectivity index (χ2n) is 4.28. The van der Waals surface area contributed by atoms with Crippen LogP contribution < -0.4 is 10.5 Å². The van der Waals surface area contributed by atoms with E-state index in [1.807, 2.05) is 13.0 Å². The molecule has 0 saturated heterocycles. The number of benzene rings is 1. The zero-order valence-electron chi connectivity index (χ0n) is 10.9. The molecule has 0 aliphatic rings. The summed E-state index contributed by atoms with van der Waals surface area (Å²) in [5, 5.41) is 0. The molecule has 2 aromatic rings. The van der Waals surface area contributed by atoms with E-state index >= 15 is 0 Å². The number of nitrogens with two attached hydrogens (primary N) is 1. The second-order valence-corrected chi connectivity index (χ2v) is 8.21. The normalized spacial score (nSPS) is 11.6. The molecule has 1 aromatic heterocycles. The van der Waals surface area contributed by atoms with Gasteiger partial charge in [0.05, 0.1) is 5.69 Å². The van der Waals surface area contributed by atoms with E-state index < -0.39 is 10.0 Å². The average molecular weight is 375 g/mol. The lowest BCUT2D eigenvalue weighted by atomic mass is 10.2. The van der Waals surface area contributed by atoms with Crippen LogP contribution in [0, 0.1) is 6.92 Å². The molecule has 0 radical (unpaired) electrons. The van der Waals surface area contributed by atoms with Gasteiger partial charge in [-0.15, -0.1) is 11.3 Å². The van der Waals surface area contributed by atoms with Crippen LogP contribution in [0.4, 0.5) is 5.69 Å². The lowest BCUT2D eigenvalue weighted by molar-refractivity contribution is 0.603. The molecule has 1 aromatic carbocycles. The van der Waals surface area contributed by atoms with Crippen molar-refractivity contribution in [2.45, 2.75) is 17.6 Å². The van der Waals surface area contributed by atoms with Crippen LogP contribution in [0.3, 0.4) is 0 Å². The standard InChI is InChI=1S/C13H15BrN2O2S2/c1-9-11(14)3-2-4-12(9)16-20(17,18)13-6-5-10(19-13)7-8-15/h2-6,16H,7-8,15H2,1H3. The summed E-state index contributed by atoms with van der Waals surface area (Å²) in [5.41, 5.74) is 6.91. The Morgan fingerprint density at radius 3 is 2.75 bits per heavy atom. The fourth-order valence-electron chi connectivity index (χ4n) is 1.69. The molecule has 0 bridgehead atoms. The third-order valence-electron chi connectivity index (χ3n) is 2.80. The highest BCUT2D eigenvalue weighted by Gasteiger charge is 2.18. The highest BCUT2D eigenvalue weighted by Crippen LogP contribution is 2.28. The molecule has 2 rings (SSSR count). The Balaban J connectivity index is 2.28. The Labute approximate surface area is 131 Å². The summed E-state index contributed by atoms with van der Waals surface area (Å²) in [6, 6.07) is 8.83. The van der Waals surface area contributed by atoms with Gasteiger partial charge in [0.25, 0.3) is 10.0 Å². The molecular formula is C13H15BrN2O2S2. The van der Waals surface area contributed by atoms with Crippen LogP contribution in [0.1, 0.15) is 10.4 Å². The zero-order chi connectivity index (χ0) is 14.8. The van der Waals surface area contributed by atoms with Crippen molar-refractivity contribution in [1.29, 1.82) is 0 Å². The maximum Gasteiger partial charge on any atom is 0.271 e. The van der Waals surface area contributed by atoms with E-state index in [-0.39, 0.29) is 0 Å². The number of rotatable bonds is 5. The van der Waals surface area contributed by atoms with Crippen LogP contribution in [-0.4, -0.2) is 15.0 Å². The molecule has 0 aliphatic heterocycles. The van der Waals surface area contributed by atoms with Gasteiger partial charge in [-0.2, -0.15) is 0 Å². The molecule has 0 atom stereocenters. The predicted octanol–water partition coefficient (Wildman–Crippen LogP) is 3.12. The Bertz CT molecular complexity index is 711. The van der Waals surface area contributed by atoms with E-state index in [2.05, 4.69) is 20.7 Å². The minimum Gasteiger partial charge on any atom is -0.330 e. The van der Waals surface area contributed by atoms with Crippen LogP contribution in [0.2, 0.25) is 0 Å². The van der Waals surface area contributed by atoms with E-state index in [1.165, 1.54) is 11.3 Å². The average Bonchev–Trinajstić information content (AvgIpc) is 2.85. The van der Waals surface area contributed by atoms with Crippen molar-refractivity contribution in [3.63, 3.8) is 0 Å². The van der Waals surface area contributed by atoms with Crippen molar-refractivity contribution in [2.75, 3.05) is 11.3 Å². The quantitative estimate of drug-likeness (QED) is 0.844. The van der Waals surface area contributed by atoms with E-state index in [4.69, 9.17) is 5.73 Å². The molecule has 0 saturated carbocycles. The fourth-order valence-corrected chi connectivity index (χ4v) is 4.55. The molecule has 0 aliphatic carbocycles. The number of thiophene rings is 1. The topological polar surface area (TPSA) is 72.2 Å². The number of hydrogen-bond donors (Lipinski definition) is 2. The first-order valence-corrected chi connectivity index (χ1v) is 9.10. The van der Waals surface area contributed by atoms with Gasteiger partial charge in [0.15, 0.2) is 0 Å². The van der Waals surface area contributed by atoms with Gasteiger partial charge < -0.3 is 5.73 Å². The van der Waals surface area contributed by atoms with Crippen LogP contribution >= 0.6 is 27.3 Å². The summed E-state index contributed by atoms with van der Waals surface area (Å²) >= 11 is 4.64. The molecule has 108 valence electrons. The number of halogens is 1. The summed E-state index contributed by atoms with van der Waals surface area (Å²) in [6.45, 7) is 2.37. The van der Waals surface area contributed by atoms with Gasteiger partial charge in [-0.1, -0.05) is 22.0 Å². The zero-order valence-corrected chi connectivity index (χ0v) is 14.1. The molecule has 0 unspecified atom stereocenters. The number of hydrogen-bond acceptors (Lipinski definition) is 4. The lowest BCUT2D eigenvalue weighted by Crippen LogP contribution is -2.12. The van der Waals surface area contributed by atoms with Gasteiger partial charge >= 0.3 is 0 Å². The minimum atomic E-state index is -3.54. The summed E-state index contributed by atoms with van der Waals surface area (Å²) in [6.07, 6.45) is 0.691. The van der Waals surface area contributed by atoms with Gasteiger partial charge in [0.2, 0.25) is 0 Å². The molecule has 7 heteroatoms. The summed E-state index contributed by atoms with van der Waals surface area (Å²) in [5.74, 6) is 0. The van der Waals surface area contributed by atoms with E-state index in [0.29, 0.717) is 22.9 Å². The van der Waals surface area contributed by atoms with Gasteiger partial charge in [0.1, 0.15) is 4.21 Å². The number of anilines is 1. The lowest BCUT2D eigenvalue weighted by Gasteiger charge is -2.10. The summed E-state index contributed by atoms with van der Waals surface area (Å²) in [7, 11) is -3.54. The van der Waals surface area contributed by atoms with Crippen LogP contribution in [0.15, 0.2) is 39.0 Å². The van der Waals surface area contributed by atoms with Gasteiger partial charge in [-0.3, -0.25) is 4.72 Å². The Hall–Kier alpha value is -0.890. The minimum absolute atomic E-state index is 0.306. The van der Waals surface area contributed by atoms with Gasteiger partial charge in [-0.05, 0) is 49.7 Å². The van der Waals surface area contributed by atoms with E-state index in [0.717, 1.165) is 14.9 Å². The van der Waals surface area contributed by atoms with Crippen molar-refractivity contribution in [3.8, 4) is 0 Å². The third kappa shape index (κ3) is 3.41. The van der Waals surface area contributed by atoms with Crippen molar-refractivity contribution >= 4 is 43.0 Å². The SMILES string of the molecule is Cc1c(Br)cccc1NS(=O)(=O)c1ccc(CCN)s1. The van der Waals surface area contributed by atoms with Crippen molar-refractivity contribution in [1.82, 2.24) is 0 Å². The smallest absolute Gasteiger partial charge is 0.271 e. The van der Waals surface area contributed by atoms with Crippen LogP contribution in [-0.2, 0) is 16.4 Å². The van der Waals surface area contributed by atoms with Crippen molar-refractivity contribution < 1.29 is 8.42 Å². The number of nitrogens with one attached hydrogen (secondary N) is 1. The molecule has 3 N–H and O–H groups in total. The van der Waals surface area contributed by atoms with Gasteiger partial charge in [0, 0.05) is 9.35 Å². The van der Waals surface area contributed by atoms with Crippen molar-refractivity contribution in [2.24, 2.45) is 5.73 Å². The maximum absolute atomic E-state index is 12.3. The third-order valence-corrected chi connectivity index (χ3v) is 6.67. The van der Waals surface area contributed by atoms with Crippen LogP contribution in [0.25, 0.3) is 0 Å². The fraction of sp³-hybridized carbons (Fsp3) is 0.231. The molecule has 0 amide bonds. The number of sulfonamides is 1. The first-order valence-electron chi connectivity index (χ1n) is 6.01. The highest BCUT2D eigenvalue weighted by molar-refractivity contribution is 9.10. The largest absolute Gasteiger partial charge is 0.330 e. The van der Waals surface area contributed by atoms with Crippen LogP contribution in [0.5, 0.6) is 0 Å². The maximum atomic E-state index is 12.3. The van der Waals surface area contributed by atoms with E-state index in [1.54, 1.807) is 24.3 Å². The highest BCUT2D eigenvalue weighted by atomic mass is 79.9. The molecule has 20 heavy (non-hydrogen) atoms.